The molecule has 0 aliphatic rings. The molecule has 0 N–H and O–H groups in total. The number of benzene rings is 2. The van der Waals surface area contributed by atoms with E-state index in [2.05, 4.69) is 0 Å². The summed E-state index contributed by atoms with van der Waals surface area (Å²) >= 11 is 0. The third-order valence-electron chi connectivity index (χ3n) is 3.83. The molecule has 3 rings (SSSR count). The number of carbonyl (C=O) groups excluding carboxylic acids is 2. The van der Waals surface area contributed by atoms with Crippen molar-refractivity contribution < 1.29 is 28.2 Å². The summed E-state index contributed by atoms with van der Waals surface area (Å²) in [6.45, 7) is 1.83. The number of furan rings is 1. The van der Waals surface area contributed by atoms with Gasteiger partial charge in [0.25, 0.3) is 0 Å². The molecule has 0 saturated carbocycles. The highest BCUT2D eigenvalue weighted by Crippen LogP contribution is 2.27. The Labute approximate surface area is 150 Å². The first kappa shape index (κ1) is 17.5. The highest BCUT2D eigenvalue weighted by atomic mass is 16.5. The maximum atomic E-state index is 12.3. The number of fused-ring (bicyclic) bond motifs is 1. The van der Waals surface area contributed by atoms with Crippen LogP contribution >= 0.6 is 0 Å². The van der Waals surface area contributed by atoms with Gasteiger partial charge < -0.3 is 18.6 Å². The molecule has 0 spiro atoms. The Morgan fingerprint density at radius 1 is 0.962 bits per heavy atom. The van der Waals surface area contributed by atoms with Crippen LogP contribution in [0.2, 0.25) is 0 Å². The first-order chi connectivity index (χ1) is 12.6. The van der Waals surface area contributed by atoms with E-state index in [1.54, 1.807) is 56.5 Å². The van der Waals surface area contributed by atoms with Gasteiger partial charge >= 0.3 is 11.9 Å². The lowest BCUT2D eigenvalue weighted by molar-refractivity contribution is 0.0435. The molecule has 0 aliphatic carbocycles. The van der Waals surface area contributed by atoms with Crippen molar-refractivity contribution in [3.63, 3.8) is 0 Å². The van der Waals surface area contributed by atoms with E-state index >= 15 is 0 Å². The average Bonchev–Trinajstić information content (AvgIpc) is 3.05. The summed E-state index contributed by atoms with van der Waals surface area (Å²) in [5.74, 6) is -0.394. The van der Waals surface area contributed by atoms with Crippen LogP contribution in [0.15, 0.2) is 52.9 Å². The van der Waals surface area contributed by atoms with Crippen LogP contribution in [-0.4, -0.2) is 25.7 Å². The third-order valence-corrected chi connectivity index (χ3v) is 3.83. The molecular formula is C20H18O6. The van der Waals surface area contributed by atoms with Gasteiger partial charge in [-0.2, -0.15) is 0 Å². The average molecular weight is 354 g/mol. The number of methoxy groups -OCH3 is 1. The van der Waals surface area contributed by atoms with Crippen molar-refractivity contribution in [3.05, 3.63) is 65.4 Å². The fraction of sp³-hybridized carbons (Fsp3) is 0.200. The summed E-state index contributed by atoms with van der Waals surface area (Å²) in [5.41, 5.74) is 1.41. The van der Waals surface area contributed by atoms with E-state index in [4.69, 9.17) is 18.6 Å². The van der Waals surface area contributed by atoms with Gasteiger partial charge in [-0.3, -0.25) is 0 Å². The van der Waals surface area contributed by atoms with Crippen LogP contribution < -0.4 is 4.74 Å². The Bertz CT molecular complexity index is 923. The zero-order valence-corrected chi connectivity index (χ0v) is 14.5. The van der Waals surface area contributed by atoms with Crippen molar-refractivity contribution in [3.8, 4) is 5.75 Å². The van der Waals surface area contributed by atoms with Crippen molar-refractivity contribution in [1.82, 2.24) is 0 Å². The topological polar surface area (TPSA) is 75.0 Å². The highest BCUT2D eigenvalue weighted by molar-refractivity contribution is 5.96. The Morgan fingerprint density at radius 2 is 1.69 bits per heavy atom. The molecule has 0 atom stereocenters. The van der Waals surface area contributed by atoms with E-state index in [1.807, 2.05) is 6.07 Å². The van der Waals surface area contributed by atoms with Crippen molar-refractivity contribution >= 4 is 22.9 Å². The molecule has 0 aliphatic heterocycles. The molecule has 0 bridgehead atoms. The van der Waals surface area contributed by atoms with Gasteiger partial charge in [0.05, 0.1) is 24.8 Å². The normalized spacial score (nSPS) is 10.5. The number of esters is 2. The van der Waals surface area contributed by atoms with Crippen LogP contribution in [0.25, 0.3) is 11.0 Å². The minimum Gasteiger partial charge on any atom is -0.497 e. The monoisotopic (exact) mass is 354 g/mol. The van der Waals surface area contributed by atoms with E-state index in [0.717, 1.165) is 0 Å². The number of para-hydroxylation sites is 1. The van der Waals surface area contributed by atoms with Gasteiger partial charge in [-0.25, -0.2) is 9.59 Å². The summed E-state index contributed by atoms with van der Waals surface area (Å²) in [4.78, 5) is 24.4. The lowest BCUT2D eigenvalue weighted by Gasteiger charge is -2.06. The van der Waals surface area contributed by atoms with Crippen LogP contribution in [0.5, 0.6) is 5.75 Å². The molecule has 6 nitrogen and oxygen atoms in total. The van der Waals surface area contributed by atoms with Gasteiger partial charge in [0.1, 0.15) is 17.9 Å². The Morgan fingerprint density at radius 3 is 2.38 bits per heavy atom. The first-order valence-electron chi connectivity index (χ1n) is 8.12. The Hall–Kier alpha value is -3.28. The molecule has 3 aromatic rings. The zero-order valence-electron chi connectivity index (χ0n) is 14.5. The fourth-order valence-electron chi connectivity index (χ4n) is 2.55. The van der Waals surface area contributed by atoms with E-state index in [9.17, 15) is 9.59 Å². The van der Waals surface area contributed by atoms with E-state index < -0.39 is 11.9 Å². The summed E-state index contributed by atoms with van der Waals surface area (Å²) in [6.07, 6.45) is 0. The molecule has 0 saturated heterocycles. The fourth-order valence-corrected chi connectivity index (χ4v) is 2.55. The second-order valence-electron chi connectivity index (χ2n) is 5.43. The molecule has 0 amide bonds. The van der Waals surface area contributed by atoms with E-state index in [-0.39, 0.29) is 19.0 Å². The SMILES string of the molecule is CCOC(=O)c1oc2ccccc2c1COC(=O)c1ccc(OC)cc1. The van der Waals surface area contributed by atoms with Crippen LogP contribution in [0.1, 0.15) is 33.4 Å². The number of ether oxygens (including phenoxy) is 3. The molecular weight excluding hydrogens is 336 g/mol. The second kappa shape index (κ2) is 7.74. The first-order valence-corrected chi connectivity index (χ1v) is 8.12. The summed E-state index contributed by atoms with van der Waals surface area (Å²) in [5, 5.41) is 0.707. The number of carbonyl (C=O) groups is 2. The van der Waals surface area contributed by atoms with Crippen LogP contribution in [0, 0.1) is 0 Å². The van der Waals surface area contributed by atoms with Crippen molar-refractivity contribution in [1.29, 1.82) is 0 Å². The molecule has 0 radical (unpaired) electrons. The molecule has 0 unspecified atom stereocenters. The van der Waals surface area contributed by atoms with Crippen molar-refractivity contribution in [2.75, 3.05) is 13.7 Å². The third kappa shape index (κ3) is 3.54. The lowest BCUT2D eigenvalue weighted by atomic mass is 10.1. The number of rotatable bonds is 6. The van der Waals surface area contributed by atoms with E-state index in [0.29, 0.717) is 27.8 Å². The Balaban J connectivity index is 1.83. The van der Waals surface area contributed by atoms with Gasteiger partial charge in [-0.1, -0.05) is 18.2 Å². The molecule has 6 heteroatoms. The van der Waals surface area contributed by atoms with Crippen molar-refractivity contribution in [2.24, 2.45) is 0 Å². The molecule has 1 aromatic heterocycles. The largest absolute Gasteiger partial charge is 0.497 e. The maximum Gasteiger partial charge on any atom is 0.374 e. The molecule has 2 aromatic carbocycles. The minimum atomic E-state index is -0.584. The molecule has 1 heterocycles. The summed E-state index contributed by atoms with van der Waals surface area (Å²) in [7, 11) is 1.55. The standard InChI is InChI=1S/C20H18O6/c1-3-24-20(22)18-16(15-6-4-5-7-17(15)26-18)12-25-19(21)13-8-10-14(23-2)11-9-13/h4-11H,3,12H2,1-2H3. The highest BCUT2D eigenvalue weighted by Gasteiger charge is 2.22. The number of hydrogen-bond donors (Lipinski definition) is 0. The maximum absolute atomic E-state index is 12.3. The van der Waals surface area contributed by atoms with Gasteiger partial charge in [0, 0.05) is 5.39 Å². The van der Waals surface area contributed by atoms with Crippen LogP contribution in [0.4, 0.5) is 0 Å². The number of hydrogen-bond acceptors (Lipinski definition) is 6. The zero-order chi connectivity index (χ0) is 18.5. The van der Waals surface area contributed by atoms with Crippen molar-refractivity contribution in [2.45, 2.75) is 13.5 Å². The van der Waals surface area contributed by atoms with Crippen LogP contribution in [-0.2, 0) is 16.1 Å². The second-order valence-corrected chi connectivity index (χ2v) is 5.43. The summed E-state index contributed by atoms with van der Waals surface area (Å²) in [6, 6.07) is 13.7. The summed E-state index contributed by atoms with van der Waals surface area (Å²) < 4.78 is 21.1. The molecule has 134 valence electrons. The lowest BCUT2D eigenvalue weighted by Crippen LogP contribution is -2.09. The van der Waals surface area contributed by atoms with Crippen LogP contribution in [0.3, 0.4) is 0 Å². The molecule has 0 fully saturated rings. The smallest absolute Gasteiger partial charge is 0.374 e. The van der Waals surface area contributed by atoms with Gasteiger partial charge in [0.2, 0.25) is 5.76 Å². The quantitative estimate of drug-likeness (QED) is 0.624. The van der Waals surface area contributed by atoms with Gasteiger partial charge in [0.15, 0.2) is 0 Å². The molecule has 26 heavy (non-hydrogen) atoms. The van der Waals surface area contributed by atoms with Gasteiger partial charge in [-0.05, 0) is 37.3 Å². The van der Waals surface area contributed by atoms with Gasteiger partial charge in [-0.15, -0.1) is 0 Å². The predicted octanol–water partition coefficient (Wildman–Crippen LogP) is 3.98. The Kier molecular flexibility index (Phi) is 5.22. The van der Waals surface area contributed by atoms with E-state index in [1.165, 1.54) is 0 Å². The minimum absolute atomic E-state index is 0.0515. The predicted molar refractivity (Wildman–Crippen MR) is 94.3 cm³/mol.